The summed E-state index contributed by atoms with van der Waals surface area (Å²) in [5.74, 6) is 2.82. The highest BCUT2D eigenvalue weighted by Crippen LogP contribution is 2.37. The summed E-state index contributed by atoms with van der Waals surface area (Å²) in [5, 5.41) is 8.34. The van der Waals surface area contributed by atoms with Gasteiger partial charge < -0.3 is 20.1 Å². The van der Waals surface area contributed by atoms with Crippen molar-refractivity contribution >= 4 is 34.2 Å². The smallest absolute Gasteiger partial charge is 0.163 e. The van der Waals surface area contributed by atoms with Gasteiger partial charge in [0.1, 0.15) is 23.0 Å². The summed E-state index contributed by atoms with van der Waals surface area (Å²) in [6.45, 7) is 13.9. The topological polar surface area (TPSA) is 80.7 Å². The average Bonchev–Trinajstić information content (AvgIpc) is 3.28. The number of rotatable bonds is 8. The van der Waals surface area contributed by atoms with Gasteiger partial charge in [0.05, 0.1) is 25.8 Å². The Bertz CT molecular complexity index is 1310. The van der Waals surface area contributed by atoms with E-state index in [0.717, 1.165) is 38.9 Å². The number of benzene rings is 2. The quantitative estimate of drug-likeness (QED) is 0.373. The summed E-state index contributed by atoms with van der Waals surface area (Å²) < 4.78 is 11.2. The molecule has 0 unspecified atom stereocenters. The van der Waals surface area contributed by atoms with Gasteiger partial charge in [-0.25, -0.2) is 9.97 Å². The molecule has 2 N–H and O–H groups in total. The minimum atomic E-state index is 0.104. The van der Waals surface area contributed by atoms with Gasteiger partial charge in [-0.3, -0.25) is 4.99 Å². The summed E-state index contributed by atoms with van der Waals surface area (Å²) in [6.07, 6.45) is 3.67. The minimum absolute atomic E-state index is 0.104. The molecule has 1 aromatic heterocycles. The average molecular weight is 490 g/mol. The van der Waals surface area contributed by atoms with Crippen molar-refractivity contribution in [3.8, 4) is 11.5 Å². The lowest BCUT2D eigenvalue weighted by atomic mass is 9.87. The minimum Gasteiger partial charge on any atom is -0.493 e. The molecule has 1 aliphatic heterocycles. The van der Waals surface area contributed by atoms with Crippen LogP contribution in [0.15, 0.2) is 81.7 Å². The third-order valence-corrected chi connectivity index (χ3v) is 6.51. The molecule has 0 radical (unpaired) electrons. The van der Waals surface area contributed by atoms with Crippen LogP contribution in [0.1, 0.15) is 27.7 Å². The van der Waals surface area contributed by atoms with E-state index < -0.39 is 0 Å². The number of fused-ring (bicyclic) bond motifs is 1. The molecule has 3 aromatic rings. The van der Waals surface area contributed by atoms with E-state index in [1.807, 2.05) is 37.3 Å². The first-order valence-corrected chi connectivity index (χ1v) is 12.3. The first-order valence-electron chi connectivity index (χ1n) is 11.5. The van der Waals surface area contributed by atoms with Crippen molar-refractivity contribution in [3.05, 3.63) is 66.8 Å². The second-order valence-electron chi connectivity index (χ2n) is 9.11. The number of anilines is 1. The Morgan fingerprint density at radius 2 is 1.94 bits per heavy atom. The number of amidine groups is 1. The van der Waals surface area contributed by atoms with E-state index in [9.17, 15) is 0 Å². The van der Waals surface area contributed by atoms with Crippen LogP contribution in [0, 0.1) is 5.41 Å². The fraction of sp³-hybridized carbons (Fsp3) is 0.296. The Hall–Kier alpha value is -3.52. The second kappa shape index (κ2) is 10.4. The highest BCUT2D eigenvalue weighted by molar-refractivity contribution is 7.99. The maximum absolute atomic E-state index is 5.69. The van der Waals surface area contributed by atoms with Crippen LogP contribution in [0.4, 0.5) is 5.69 Å². The van der Waals surface area contributed by atoms with Crippen molar-refractivity contribution in [1.82, 2.24) is 15.3 Å². The molecule has 2 heterocycles. The standard InChI is InChI=1S/C27H31N5O2S/c1-7-34-24-14-22-21(13-23(24)33-6)26(30-16-29-22)35-20-10-8-9-19(12-20)31-17(2)32-25-11-18(15-28-25)27(3,4)5/h8-14,16,31H,2,7,15H2,1,3-6H3,(H,28,32). The molecule has 0 aliphatic carbocycles. The van der Waals surface area contributed by atoms with Gasteiger partial charge in [0.15, 0.2) is 11.5 Å². The van der Waals surface area contributed by atoms with Gasteiger partial charge in [0.25, 0.3) is 0 Å². The molecule has 0 spiro atoms. The van der Waals surface area contributed by atoms with E-state index in [1.165, 1.54) is 5.57 Å². The van der Waals surface area contributed by atoms with E-state index in [1.54, 1.807) is 25.2 Å². The molecule has 0 saturated carbocycles. The summed E-state index contributed by atoms with van der Waals surface area (Å²) in [7, 11) is 1.63. The van der Waals surface area contributed by atoms with Crippen LogP contribution in [0.5, 0.6) is 11.5 Å². The number of nitrogens with one attached hydrogen (secondary N) is 2. The largest absolute Gasteiger partial charge is 0.493 e. The first-order chi connectivity index (χ1) is 16.8. The predicted molar refractivity (Wildman–Crippen MR) is 144 cm³/mol. The second-order valence-corrected chi connectivity index (χ2v) is 10.2. The van der Waals surface area contributed by atoms with Gasteiger partial charge in [0.2, 0.25) is 0 Å². The van der Waals surface area contributed by atoms with Crippen LogP contribution in [0.2, 0.25) is 0 Å². The summed E-state index contributed by atoms with van der Waals surface area (Å²) in [5.41, 5.74) is 3.13. The zero-order valence-corrected chi connectivity index (χ0v) is 21.6. The van der Waals surface area contributed by atoms with Crippen molar-refractivity contribution in [2.24, 2.45) is 10.4 Å². The number of hydrogen-bond acceptors (Lipinski definition) is 8. The van der Waals surface area contributed by atoms with Crippen LogP contribution in [0.25, 0.3) is 10.9 Å². The van der Waals surface area contributed by atoms with Crippen LogP contribution < -0.4 is 20.1 Å². The van der Waals surface area contributed by atoms with Gasteiger partial charge in [-0.15, -0.1) is 0 Å². The van der Waals surface area contributed by atoms with E-state index in [2.05, 4.69) is 65.1 Å². The first kappa shape index (κ1) is 24.6. The number of ether oxygens (including phenoxy) is 2. The normalized spacial score (nSPS) is 13.3. The number of methoxy groups -OCH3 is 1. The fourth-order valence-corrected chi connectivity index (χ4v) is 4.54. The molecule has 0 fully saturated rings. The Kier molecular flexibility index (Phi) is 7.31. The molecule has 0 amide bonds. The molecule has 0 bridgehead atoms. The third kappa shape index (κ3) is 5.95. The molecule has 35 heavy (non-hydrogen) atoms. The van der Waals surface area contributed by atoms with Gasteiger partial charge in [-0.1, -0.05) is 45.2 Å². The van der Waals surface area contributed by atoms with Crippen molar-refractivity contribution in [3.63, 3.8) is 0 Å². The zero-order valence-electron chi connectivity index (χ0n) is 20.8. The molecular weight excluding hydrogens is 458 g/mol. The Morgan fingerprint density at radius 3 is 2.66 bits per heavy atom. The SMILES string of the molecule is C=C(NC1=NCC(C(C)(C)C)=C1)Nc1cccc(Sc2ncnc3cc(OCC)c(OC)cc23)c1. The molecule has 182 valence electrons. The van der Waals surface area contributed by atoms with Gasteiger partial charge in [0, 0.05) is 22.0 Å². The van der Waals surface area contributed by atoms with Gasteiger partial charge in [-0.05, 0) is 48.3 Å². The summed E-state index contributed by atoms with van der Waals surface area (Å²) >= 11 is 1.56. The number of nitrogens with zero attached hydrogens (tertiary/aromatic N) is 3. The lowest BCUT2D eigenvalue weighted by molar-refractivity contribution is 0.311. The molecule has 0 saturated heterocycles. The van der Waals surface area contributed by atoms with Crippen LogP contribution >= 0.6 is 11.8 Å². The maximum atomic E-state index is 5.69. The monoisotopic (exact) mass is 489 g/mol. The van der Waals surface area contributed by atoms with Crippen molar-refractivity contribution < 1.29 is 9.47 Å². The molecular formula is C27H31N5O2S. The molecule has 8 heteroatoms. The van der Waals surface area contributed by atoms with Crippen molar-refractivity contribution in [2.45, 2.75) is 37.6 Å². The number of hydrogen-bond donors (Lipinski definition) is 2. The highest BCUT2D eigenvalue weighted by Gasteiger charge is 2.21. The molecule has 0 atom stereocenters. The molecule has 1 aliphatic rings. The zero-order chi connectivity index (χ0) is 25.0. The van der Waals surface area contributed by atoms with E-state index >= 15 is 0 Å². The number of aromatic nitrogens is 2. The molecule has 4 rings (SSSR count). The Morgan fingerprint density at radius 1 is 1.11 bits per heavy atom. The van der Waals surface area contributed by atoms with Crippen LogP contribution in [-0.2, 0) is 0 Å². The molecule has 7 nitrogen and oxygen atoms in total. The van der Waals surface area contributed by atoms with E-state index in [4.69, 9.17) is 9.47 Å². The van der Waals surface area contributed by atoms with Crippen LogP contribution in [-0.4, -0.2) is 36.1 Å². The predicted octanol–water partition coefficient (Wildman–Crippen LogP) is 6.05. The third-order valence-electron chi connectivity index (χ3n) is 5.50. The maximum Gasteiger partial charge on any atom is 0.163 e. The van der Waals surface area contributed by atoms with Crippen LogP contribution in [0.3, 0.4) is 0 Å². The Labute approximate surface area is 210 Å². The summed E-state index contributed by atoms with van der Waals surface area (Å²) in [4.78, 5) is 14.5. The van der Waals surface area contributed by atoms with Crippen molar-refractivity contribution in [1.29, 1.82) is 0 Å². The van der Waals surface area contributed by atoms with Gasteiger partial charge >= 0.3 is 0 Å². The van der Waals surface area contributed by atoms with E-state index in [0.29, 0.717) is 23.9 Å². The summed E-state index contributed by atoms with van der Waals surface area (Å²) in [6, 6.07) is 11.9. The van der Waals surface area contributed by atoms with Gasteiger partial charge in [-0.2, -0.15) is 0 Å². The van der Waals surface area contributed by atoms with Crippen molar-refractivity contribution in [2.75, 3.05) is 25.6 Å². The van der Waals surface area contributed by atoms with E-state index in [-0.39, 0.29) is 5.41 Å². The number of aliphatic imine (C=N–C) groups is 1. The molecule has 2 aromatic carbocycles. The lowest BCUT2D eigenvalue weighted by Gasteiger charge is -2.18. The lowest BCUT2D eigenvalue weighted by Crippen LogP contribution is -2.24. The fourth-order valence-electron chi connectivity index (χ4n) is 3.61. The Balaban J connectivity index is 1.49. The highest BCUT2D eigenvalue weighted by atomic mass is 32.2.